The second-order valence-electron chi connectivity index (χ2n) is 8.88. The van der Waals surface area contributed by atoms with Gasteiger partial charge in [0, 0.05) is 10.3 Å². The number of aliphatic hydroxyl groups excluding tert-OH is 4. The van der Waals surface area contributed by atoms with Crippen molar-refractivity contribution >= 4 is 24.0 Å². The van der Waals surface area contributed by atoms with Gasteiger partial charge in [-0.2, -0.15) is 26.3 Å². The molecule has 6 nitrogen and oxygen atoms in total. The van der Waals surface area contributed by atoms with Crippen LogP contribution >= 0.6 is 18.7 Å². The van der Waals surface area contributed by atoms with Crippen molar-refractivity contribution < 1.29 is 56.1 Å². The van der Waals surface area contributed by atoms with Crippen LogP contribution < -0.4 is 5.30 Å². The van der Waals surface area contributed by atoms with E-state index in [1.807, 2.05) is 0 Å². The molecule has 0 aliphatic carbocycles. The molecular weight excluding hydrogens is 553 g/mol. The van der Waals surface area contributed by atoms with Crippen LogP contribution in [0.5, 0.6) is 0 Å². The van der Waals surface area contributed by atoms with Gasteiger partial charge >= 0.3 is 12.4 Å². The second-order valence-corrected chi connectivity index (χ2v) is 12.2. The zero-order valence-corrected chi connectivity index (χ0v) is 20.6. The summed E-state index contributed by atoms with van der Waals surface area (Å²) in [4.78, 5) is 0. The Hall–Kier alpha value is -1.66. The maximum absolute atomic E-state index is 12.9. The molecule has 5 atom stereocenters. The summed E-state index contributed by atoms with van der Waals surface area (Å²) in [5.74, 6) is 0. The molecule has 2 aromatic rings. The summed E-state index contributed by atoms with van der Waals surface area (Å²) < 4.78 is 95.7. The largest absolute Gasteiger partial charge is 0.396 e. The molecule has 0 saturated carbocycles. The zero-order chi connectivity index (χ0) is 27.8. The monoisotopic (exact) mass is 576 g/mol. The van der Waals surface area contributed by atoms with E-state index >= 15 is 0 Å². The summed E-state index contributed by atoms with van der Waals surface area (Å²) in [7, 11) is -4.86. The number of hydrogen-bond donors (Lipinski definition) is 4. The van der Waals surface area contributed by atoms with E-state index in [9.17, 15) is 51.3 Å². The molecule has 206 valence electrons. The van der Waals surface area contributed by atoms with Gasteiger partial charge in [0.25, 0.3) is 0 Å². The summed E-state index contributed by atoms with van der Waals surface area (Å²) in [5.41, 5.74) is 1.22. The van der Waals surface area contributed by atoms with Crippen LogP contribution in [0.3, 0.4) is 0 Å². The van der Waals surface area contributed by atoms with Gasteiger partial charge in [0.1, 0.15) is 50.0 Å². The van der Waals surface area contributed by atoms with Gasteiger partial charge in [0.05, 0.1) is 6.61 Å². The zero-order valence-electron chi connectivity index (χ0n) is 19.0. The highest BCUT2D eigenvalue weighted by molar-refractivity contribution is 7.71. The molecule has 0 spiro atoms. The lowest BCUT2D eigenvalue weighted by atomic mass is 9.90. The molecule has 1 fully saturated rings. The Morgan fingerprint density at radius 3 is 1.95 bits per heavy atom. The van der Waals surface area contributed by atoms with Crippen LogP contribution in [0, 0.1) is 0 Å². The van der Waals surface area contributed by atoms with Gasteiger partial charge in [0.2, 0.25) is 0 Å². The van der Waals surface area contributed by atoms with Crippen molar-refractivity contribution in [1.29, 1.82) is 0 Å². The summed E-state index contributed by atoms with van der Waals surface area (Å²) >= 11 is 6.25. The molecule has 0 amide bonds. The summed E-state index contributed by atoms with van der Waals surface area (Å²) in [6.45, 7) is -0.624. The Labute approximate surface area is 212 Å². The minimum Gasteiger partial charge on any atom is -0.394 e. The maximum Gasteiger partial charge on any atom is 0.396 e. The molecule has 4 N–H and O–H groups in total. The maximum atomic E-state index is 12.9. The third-order valence-corrected chi connectivity index (χ3v) is 9.31. The molecule has 0 bridgehead atoms. The second kappa shape index (κ2) is 11.2. The van der Waals surface area contributed by atoms with Crippen molar-refractivity contribution in [3.8, 4) is 0 Å². The first-order valence-corrected chi connectivity index (χ1v) is 13.4. The van der Waals surface area contributed by atoms with Gasteiger partial charge in [-0.1, -0.05) is 48.0 Å². The van der Waals surface area contributed by atoms with Gasteiger partial charge in [-0.25, -0.2) is 0 Å². The van der Waals surface area contributed by atoms with Crippen LogP contribution in [0.1, 0.15) is 22.8 Å². The third kappa shape index (κ3) is 7.47. The van der Waals surface area contributed by atoms with Crippen molar-refractivity contribution in [2.45, 2.75) is 49.3 Å². The van der Waals surface area contributed by atoms with Crippen molar-refractivity contribution in [3.05, 3.63) is 64.2 Å². The number of rotatable bonds is 7. The fourth-order valence-corrected chi connectivity index (χ4v) is 6.72. The van der Waals surface area contributed by atoms with Crippen molar-refractivity contribution in [2.75, 3.05) is 18.9 Å². The number of benzene rings is 2. The fraction of sp³-hybridized carbons (Fsp3) is 0.478. The molecule has 0 aromatic heterocycles. The van der Waals surface area contributed by atoms with Gasteiger partial charge in [-0.15, -0.1) is 0 Å². The van der Waals surface area contributed by atoms with Crippen LogP contribution in [-0.2, 0) is 15.7 Å². The van der Waals surface area contributed by atoms with E-state index in [1.54, 1.807) is 0 Å². The lowest BCUT2D eigenvalue weighted by molar-refractivity contribution is -0.231. The average Bonchev–Trinajstić information content (AvgIpc) is 2.77. The fourth-order valence-electron chi connectivity index (χ4n) is 4.21. The topological polar surface area (TPSA) is 107 Å². The molecule has 1 aliphatic rings. The lowest BCUT2D eigenvalue weighted by Crippen LogP contribution is -2.55. The predicted molar refractivity (Wildman–Crippen MR) is 123 cm³/mol. The molecule has 0 radical (unpaired) electrons. The minimum absolute atomic E-state index is 0.0627. The Balaban J connectivity index is 1.86. The van der Waals surface area contributed by atoms with Crippen LogP contribution in [-0.4, -0.2) is 76.1 Å². The van der Waals surface area contributed by atoms with Crippen LogP contribution in [0.15, 0.2) is 42.5 Å². The van der Waals surface area contributed by atoms with Gasteiger partial charge in [-0.05, 0) is 29.2 Å². The minimum atomic E-state index is -5.06. The van der Waals surface area contributed by atoms with E-state index in [4.69, 9.17) is 16.3 Å². The first-order valence-electron chi connectivity index (χ1n) is 10.9. The van der Waals surface area contributed by atoms with E-state index < -0.39 is 74.2 Å². The standard InChI is InChI=1S/C23H24ClF6O6P/c24-16-6-3-13(21-20(34)19(33)18(32)17(9-31)36-21)8-14(16)7-12-1-4-15(5-2-12)37(35,10-22(25,26)27)11-23(28,29)30/h1-6,8,17-21,31-34H,7,9-11H2/t17-,18-,19+,20-,21+/m1/s1. The van der Waals surface area contributed by atoms with Crippen LogP contribution in [0.4, 0.5) is 26.3 Å². The lowest BCUT2D eigenvalue weighted by Gasteiger charge is -2.40. The van der Waals surface area contributed by atoms with Crippen molar-refractivity contribution in [1.82, 2.24) is 0 Å². The van der Waals surface area contributed by atoms with Gasteiger partial charge < -0.3 is 29.7 Å². The Morgan fingerprint density at radius 1 is 0.865 bits per heavy atom. The summed E-state index contributed by atoms with van der Waals surface area (Å²) in [6.07, 6.45) is -21.2. The average molecular weight is 577 g/mol. The van der Waals surface area contributed by atoms with Crippen molar-refractivity contribution in [3.63, 3.8) is 0 Å². The van der Waals surface area contributed by atoms with Crippen LogP contribution in [0.2, 0.25) is 5.02 Å². The molecule has 0 unspecified atom stereocenters. The van der Waals surface area contributed by atoms with Gasteiger partial charge in [0.15, 0.2) is 0 Å². The van der Waals surface area contributed by atoms with E-state index in [1.165, 1.54) is 30.3 Å². The molecular formula is C23H24ClF6O6P. The molecule has 1 heterocycles. The Morgan fingerprint density at radius 2 is 1.43 bits per heavy atom. The first-order chi connectivity index (χ1) is 17.0. The van der Waals surface area contributed by atoms with Crippen LogP contribution in [0.25, 0.3) is 0 Å². The normalized spacial score (nSPS) is 25.3. The molecule has 3 rings (SSSR count). The third-order valence-electron chi connectivity index (χ3n) is 5.96. The highest BCUT2D eigenvalue weighted by Gasteiger charge is 2.47. The number of aliphatic hydroxyl groups is 4. The summed E-state index contributed by atoms with van der Waals surface area (Å²) in [5, 5.41) is 39.4. The molecule has 14 heteroatoms. The number of halogens is 7. The Kier molecular flexibility index (Phi) is 9.06. The summed E-state index contributed by atoms with van der Waals surface area (Å²) in [6, 6.07) is 8.93. The first kappa shape index (κ1) is 29.9. The number of alkyl halides is 6. The quantitative estimate of drug-likeness (QED) is 0.297. The van der Waals surface area contributed by atoms with E-state index in [0.717, 1.165) is 12.1 Å². The van der Waals surface area contributed by atoms with Crippen molar-refractivity contribution in [2.24, 2.45) is 0 Å². The molecule has 2 aromatic carbocycles. The molecule has 37 heavy (non-hydrogen) atoms. The van der Waals surface area contributed by atoms with E-state index in [-0.39, 0.29) is 11.4 Å². The van der Waals surface area contributed by atoms with E-state index in [0.29, 0.717) is 16.7 Å². The highest BCUT2D eigenvalue weighted by atomic mass is 35.5. The molecule has 1 saturated heterocycles. The smallest absolute Gasteiger partial charge is 0.394 e. The number of ether oxygens (including phenoxy) is 1. The number of hydrogen-bond acceptors (Lipinski definition) is 6. The highest BCUT2D eigenvalue weighted by Crippen LogP contribution is 2.52. The Bertz CT molecular complexity index is 1100. The SMILES string of the molecule is O=P(CC(F)(F)F)(CC(F)(F)F)c1ccc(Cc2cc([C@@H]3O[C@H](CO)[C@@H](O)[C@H](O)[C@H]3O)ccc2Cl)cc1. The predicted octanol–water partition coefficient (Wildman–Crippen LogP) is 3.56. The van der Waals surface area contributed by atoms with Gasteiger partial charge in [-0.3, -0.25) is 0 Å². The molecule has 1 aliphatic heterocycles. The van der Waals surface area contributed by atoms with E-state index in [2.05, 4.69) is 0 Å².